The molecule has 128 valence electrons. The van der Waals surface area contributed by atoms with Crippen molar-refractivity contribution in [3.8, 4) is 11.1 Å². The number of nitrogen functional groups attached to an aromatic ring is 1. The predicted molar refractivity (Wildman–Crippen MR) is 106 cm³/mol. The molecule has 0 unspecified atom stereocenters. The number of hydrogen-bond acceptors (Lipinski definition) is 4. The number of anilines is 1. The minimum Gasteiger partial charge on any atom is -0.398 e. The van der Waals surface area contributed by atoms with Crippen LogP contribution in [0.25, 0.3) is 22.2 Å². The lowest BCUT2D eigenvalue weighted by atomic mass is 9.96. The topological polar surface area (TPSA) is 91.4 Å². The van der Waals surface area contributed by atoms with Gasteiger partial charge in [0.15, 0.2) is 5.82 Å². The average Bonchev–Trinajstić information content (AvgIpc) is 3.08. The van der Waals surface area contributed by atoms with Gasteiger partial charge in [0.25, 0.3) is 0 Å². The molecule has 4 N–H and O–H groups in total. The Bertz CT molecular complexity index is 1110. The van der Waals surface area contributed by atoms with E-state index in [-0.39, 0.29) is 5.71 Å². The van der Waals surface area contributed by atoms with Crippen molar-refractivity contribution < 1.29 is 0 Å². The van der Waals surface area contributed by atoms with Gasteiger partial charge in [0.1, 0.15) is 5.71 Å². The molecule has 0 aliphatic heterocycles. The van der Waals surface area contributed by atoms with Crippen LogP contribution in [0.15, 0.2) is 54.9 Å². The summed E-state index contributed by atoms with van der Waals surface area (Å²) in [5.74, 6) is 0.508. The van der Waals surface area contributed by atoms with Crippen LogP contribution in [0.3, 0.4) is 0 Å². The number of para-hydroxylation sites is 2. The van der Waals surface area contributed by atoms with Gasteiger partial charge in [0, 0.05) is 29.2 Å². The number of nitrogens with two attached hydrogens (primary N) is 1. The molecular weight excluding hydrogens is 322 g/mol. The fourth-order valence-corrected chi connectivity index (χ4v) is 3.06. The lowest BCUT2D eigenvalue weighted by Gasteiger charge is -2.12. The van der Waals surface area contributed by atoms with Crippen molar-refractivity contribution >= 4 is 22.4 Å². The Morgan fingerprint density at radius 2 is 1.88 bits per heavy atom. The lowest BCUT2D eigenvalue weighted by Crippen LogP contribution is -2.07. The number of H-pyrrole nitrogens is 1. The summed E-state index contributed by atoms with van der Waals surface area (Å²) in [6.07, 6.45) is 3.70. The molecule has 4 rings (SSSR count). The van der Waals surface area contributed by atoms with Crippen molar-refractivity contribution in [1.29, 1.82) is 5.41 Å². The molecule has 26 heavy (non-hydrogen) atoms. The Morgan fingerprint density at radius 1 is 1.08 bits per heavy atom. The van der Waals surface area contributed by atoms with E-state index in [1.54, 1.807) is 0 Å². The van der Waals surface area contributed by atoms with Crippen LogP contribution in [0, 0.1) is 19.3 Å². The van der Waals surface area contributed by atoms with E-state index in [1.807, 2.05) is 61.8 Å². The largest absolute Gasteiger partial charge is 0.398 e. The third-order valence-corrected chi connectivity index (χ3v) is 4.73. The first-order valence-corrected chi connectivity index (χ1v) is 8.40. The van der Waals surface area contributed by atoms with Gasteiger partial charge in [0.2, 0.25) is 0 Å². The molecule has 0 fully saturated rings. The van der Waals surface area contributed by atoms with Crippen LogP contribution >= 0.6 is 0 Å². The minimum absolute atomic E-state index is 0.277. The Morgan fingerprint density at radius 3 is 2.69 bits per heavy atom. The smallest absolute Gasteiger partial charge is 0.157 e. The SMILES string of the molecule is Cc1cncc(-c2ccc(N)c(C(=N)c3nc4ccccc4[nH]3)c2)c1C. The van der Waals surface area contributed by atoms with Crippen LogP contribution in [-0.4, -0.2) is 20.7 Å². The highest BCUT2D eigenvalue weighted by Gasteiger charge is 2.15. The highest BCUT2D eigenvalue weighted by molar-refractivity contribution is 6.13. The molecule has 5 nitrogen and oxygen atoms in total. The molecule has 0 radical (unpaired) electrons. The molecular formula is C21H19N5. The van der Waals surface area contributed by atoms with Gasteiger partial charge in [0.05, 0.1) is 11.0 Å². The standard InChI is InChI=1S/C21H19N5/c1-12-10-24-11-16(13(12)2)14-7-8-17(22)15(9-14)20(23)21-25-18-5-3-4-6-19(18)26-21/h3-11,23H,22H2,1-2H3,(H,25,26). The fraction of sp³-hybridized carbons (Fsp3) is 0.0952. The number of aryl methyl sites for hydroxylation is 1. The Kier molecular flexibility index (Phi) is 3.77. The van der Waals surface area contributed by atoms with Crippen molar-refractivity contribution in [2.24, 2.45) is 0 Å². The molecule has 0 spiro atoms. The fourth-order valence-electron chi connectivity index (χ4n) is 3.06. The van der Waals surface area contributed by atoms with Gasteiger partial charge < -0.3 is 10.7 Å². The number of aromatic amines is 1. The van der Waals surface area contributed by atoms with E-state index in [2.05, 4.69) is 21.9 Å². The second-order valence-corrected chi connectivity index (χ2v) is 6.41. The molecule has 0 saturated carbocycles. The minimum atomic E-state index is 0.277. The number of hydrogen-bond donors (Lipinski definition) is 3. The summed E-state index contributed by atoms with van der Waals surface area (Å²) in [6.45, 7) is 4.12. The third kappa shape index (κ3) is 2.63. The van der Waals surface area contributed by atoms with Crippen molar-refractivity contribution in [2.75, 3.05) is 5.73 Å². The molecule has 2 aromatic heterocycles. The summed E-state index contributed by atoms with van der Waals surface area (Å²) in [5.41, 5.74) is 13.7. The maximum Gasteiger partial charge on any atom is 0.157 e. The second-order valence-electron chi connectivity index (χ2n) is 6.41. The highest BCUT2D eigenvalue weighted by Crippen LogP contribution is 2.28. The van der Waals surface area contributed by atoms with Gasteiger partial charge in [-0.05, 0) is 54.8 Å². The van der Waals surface area contributed by atoms with Gasteiger partial charge >= 0.3 is 0 Å². The average molecular weight is 341 g/mol. The van der Waals surface area contributed by atoms with Gasteiger partial charge in [-0.2, -0.15) is 0 Å². The first kappa shape index (κ1) is 16.0. The highest BCUT2D eigenvalue weighted by atomic mass is 14.9. The van der Waals surface area contributed by atoms with Gasteiger partial charge in [-0.15, -0.1) is 0 Å². The normalized spacial score (nSPS) is 11.0. The van der Waals surface area contributed by atoms with Crippen LogP contribution in [0.2, 0.25) is 0 Å². The summed E-state index contributed by atoms with van der Waals surface area (Å²) >= 11 is 0. The van der Waals surface area contributed by atoms with Crippen molar-refractivity contribution in [3.63, 3.8) is 0 Å². The third-order valence-electron chi connectivity index (χ3n) is 4.73. The number of rotatable bonds is 3. The quantitative estimate of drug-likeness (QED) is 0.384. The molecule has 5 heteroatoms. The van der Waals surface area contributed by atoms with Gasteiger partial charge in [-0.25, -0.2) is 4.98 Å². The maximum absolute atomic E-state index is 8.61. The molecule has 0 atom stereocenters. The summed E-state index contributed by atoms with van der Waals surface area (Å²) in [6, 6.07) is 13.5. The lowest BCUT2D eigenvalue weighted by molar-refractivity contribution is 1.22. The van der Waals surface area contributed by atoms with Crippen molar-refractivity contribution in [2.45, 2.75) is 13.8 Å². The second kappa shape index (κ2) is 6.11. The Balaban J connectivity index is 1.81. The van der Waals surface area contributed by atoms with Gasteiger partial charge in [-0.1, -0.05) is 18.2 Å². The summed E-state index contributed by atoms with van der Waals surface area (Å²) in [7, 11) is 0. The molecule has 0 saturated heterocycles. The summed E-state index contributed by atoms with van der Waals surface area (Å²) < 4.78 is 0. The number of fused-ring (bicyclic) bond motifs is 1. The number of imidazole rings is 1. The number of aromatic nitrogens is 3. The first-order valence-electron chi connectivity index (χ1n) is 8.40. The predicted octanol–water partition coefficient (Wildman–Crippen LogP) is 4.24. The zero-order valence-electron chi connectivity index (χ0n) is 14.7. The van der Waals surface area contributed by atoms with Crippen LogP contribution in [0.5, 0.6) is 0 Å². The van der Waals surface area contributed by atoms with E-state index in [4.69, 9.17) is 11.1 Å². The molecule has 2 aromatic carbocycles. The van der Waals surface area contributed by atoms with Crippen LogP contribution < -0.4 is 5.73 Å². The summed E-state index contributed by atoms with van der Waals surface area (Å²) in [5, 5.41) is 8.61. The van der Waals surface area contributed by atoms with E-state index in [0.29, 0.717) is 17.1 Å². The maximum atomic E-state index is 8.61. The number of pyridine rings is 1. The molecule has 0 amide bonds. The molecule has 2 heterocycles. The Labute approximate surface area is 151 Å². The van der Waals surface area contributed by atoms with E-state index in [1.165, 1.54) is 5.56 Å². The van der Waals surface area contributed by atoms with E-state index >= 15 is 0 Å². The van der Waals surface area contributed by atoms with Gasteiger partial charge in [-0.3, -0.25) is 10.4 Å². The van der Waals surface area contributed by atoms with Crippen LogP contribution in [-0.2, 0) is 0 Å². The van der Waals surface area contributed by atoms with E-state index < -0.39 is 0 Å². The number of nitrogens with one attached hydrogen (secondary N) is 2. The Hall–Kier alpha value is -3.47. The van der Waals surface area contributed by atoms with Crippen molar-refractivity contribution in [1.82, 2.24) is 15.0 Å². The monoisotopic (exact) mass is 341 g/mol. The van der Waals surface area contributed by atoms with E-state index in [9.17, 15) is 0 Å². The first-order chi connectivity index (χ1) is 12.5. The van der Waals surface area contributed by atoms with Crippen LogP contribution in [0.1, 0.15) is 22.5 Å². The number of nitrogens with zero attached hydrogens (tertiary/aromatic N) is 2. The molecule has 4 aromatic rings. The molecule has 0 aliphatic carbocycles. The summed E-state index contributed by atoms with van der Waals surface area (Å²) in [4.78, 5) is 12.0. The van der Waals surface area contributed by atoms with Crippen molar-refractivity contribution in [3.05, 3.63) is 77.4 Å². The number of benzene rings is 2. The molecule has 0 aliphatic rings. The zero-order chi connectivity index (χ0) is 18.3. The molecule has 0 bridgehead atoms. The van der Waals surface area contributed by atoms with Crippen LogP contribution in [0.4, 0.5) is 5.69 Å². The zero-order valence-corrected chi connectivity index (χ0v) is 14.7. The van der Waals surface area contributed by atoms with E-state index in [0.717, 1.165) is 27.7 Å².